The normalized spacial score (nSPS) is 18.2. The summed E-state index contributed by atoms with van der Waals surface area (Å²) in [6.45, 7) is 0.594. The molecule has 0 unspecified atom stereocenters. The molecule has 2 fully saturated rings. The molecule has 2 aliphatic heterocycles. The minimum atomic E-state index is -3.67. The van der Waals surface area contributed by atoms with Crippen molar-refractivity contribution in [1.29, 1.82) is 0 Å². The Bertz CT molecular complexity index is 2560. The van der Waals surface area contributed by atoms with E-state index in [9.17, 15) is 18.0 Å². The number of carbonyl (C=O) groups is 1. The fourth-order valence-electron chi connectivity index (χ4n) is 7.94. The Labute approximate surface area is 362 Å². The van der Waals surface area contributed by atoms with Gasteiger partial charge in [-0.2, -0.15) is 4.98 Å². The molecule has 8 rings (SSSR count). The third kappa shape index (κ3) is 9.36. The topological polar surface area (TPSA) is 148 Å². The van der Waals surface area contributed by atoms with Crippen LogP contribution in [0.25, 0.3) is 0 Å². The van der Waals surface area contributed by atoms with E-state index in [0.717, 1.165) is 29.5 Å². The van der Waals surface area contributed by atoms with Crippen molar-refractivity contribution in [3.63, 3.8) is 0 Å². The van der Waals surface area contributed by atoms with Crippen LogP contribution in [0.3, 0.4) is 0 Å². The number of rotatable bonds is 17. The van der Waals surface area contributed by atoms with Gasteiger partial charge in [-0.15, -0.1) is 0 Å². The molecule has 320 valence electrons. The van der Waals surface area contributed by atoms with Crippen molar-refractivity contribution in [3.8, 4) is 11.5 Å². The number of benzene rings is 5. The fraction of sp³-hybridized carbons (Fsp3) is 0.255. The molecule has 6 aromatic rings. The Balaban J connectivity index is 1.14. The van der Waals surface area contributed by atoms with Crippen LogP contribution in [0.5, 0.6) is 11.5 Å². The summed E-state index contributed by atoms with van der Waals surface area (Å²) in [7, 11) is -2.24. The zero-order valence-electron chi connectivity index (χ0n) is 34.3. The second-order valence-corrected chi connectivity index (χ2v) is 18.4. The van der Waals surface area contributed by atoms with Crippen molar-refractivity contribution in [2.24, 2.45) is 0 Å². The highest BCUT2D eigenvalue weighted by Crippen LogP contribution is 2.57. The Kier molecular flexibility index (Phi) is 13.2. The molecule has 0 radical (unpaired) electrons. The molecule has 2 aliphatic rings. The van der Waals surface area contributed by atoms with Gasteiger partial charge in [-0.05, 0) is 84.1 Å². The van der Waals surface area contributed by atoms with E-state index in [4.69, 9.17) is 23.3 Å². The van der Waals surface area contributed by atoms with Crippen molar-refractivity contribution in [3.05, 3.63) is 185 Å². The number of anilines is 1. The van der Waals surface area contributed by atoms with Gasteiger partial charge in [-0.25, -0.2) is 17.9 Å². The third-order valence-electron chi connectivity index (χ3n) is 11.1. The minimum absolute atomic E-state index is 0.0114. The molecule has 15 heteroatoms. The maximum atomic E-state index is 13.7. The average molecular weight is 875 g/mol. The molecular formula is C47H47N4O9PS. The number of fused-ring (bicyclic) bond motifs is 1. The molecule has 1 aromatic heterocycles. The second-order valence-electron chi connectivity index (χ2n) is 15.0. The Morgan fingerprint density at radius 3 is 2.00 bits per heavy atom. The molecule has 5 aromatic carbocycles. The first-order valence-electron chi connectivity index (χ1n) is 20.3. The van der Waals surface area contributed by atoms with Gasteiger partial charge >= 0.3 is 5.69 Å². The third-order valence-corrected chi connectivity index (χ3v) is 14.7. The van der Waals surface area contributed by atoms with Gasteiger partial charge < -0.3 is 28.6 Å². The predicted molar refractivity (Wildman–Crippen MR) is 236 cm³/mol. The van der Waals surface area contributed by atoms with Crippen LogP contribution in [-0.2, 0) is 35.8 Å². The van der Waals surface area contributed by atoms with Crippen LogP contribution in [0, 0.1) is 0 Å². The van der Waals surface area contributed by atoms with Crippen molar-refractivity contribution in [1.82, 2.24) is 14.2 Å². The van der Waals surface area contributed by atoms with Gasteiger partial charge in [0.05, 0.1) is 44.1 Å². The molecule has 0 bridgehead atoms. The molecule has 62 heavy (non-hydrogen) atoms. The van der Waals surface area contributed by atoms with Crippen LogP contribution in [0.2, 0.25) is 0 Å². The van der Waals surface area contributed by atoms with Gasteiger partial charge in [0.1, 0.15) is 29.0 Å². The molecule has 0 saturated carbocycles. The molecule has 0 aliphatic carbocycles. The summed E-state index contributed by atoms with van der Waals surface area (Å²) in [6.07, 6.45) is 1.71. The lowest BCUT2D eigenvalue weighted by Crippen LogP contribution is -2.39. The van der Waals surface area contributed by atoms with Gasteiger partial charge in [0.2, 0.25) is 0 Å². The first kappa shape index (κ1) is 42.9. The summed E-state index contributed by atoms with van der Waals surface area (Å²) in [4.78, 5) is 31.1. The van der Waals surface area contributed by atoms with Crippen LogP contribution in [0.1, 0.15) is 39.9 Å². The van der Waals surface area contributed by atoms with Crippen LogP contribution < -0.4 is 20.5 Å². The van der Waals surface area contributed by atoms with E-state index in [1.807, 2.05) is 84.9 Å². The summed E-state index contributed by atoms with van der Waals surface area (Å²) in [5, 5.41) is 2.70. The highest BCUT2D eigenvalue weighted by Gasteiger charge is 2.49. The lowest BCUT2D eigenvalue weighted by Gasteiger charge is -2.37. The summed E-state index contributed by atoms with van der Waals surface area (Å²) in [5.74, 6) is 0.845. The van der Waals surface area contributed by atoms with Crippen molar-refractivity contribution < 1.29 is 36.5 Å². The maximum Gasteiger partial charge on any atom is 0.349 e. The minimum Gasteiger partial charge on any atom is -0.497 e. The Morgan fingerprint density at radius 2 is 1.40 bits per heavy atom. The predicted octanol–water partition coefficient (Wildman–Crippen LogP) is 7.47. The number of carbonyl (C=O) groups excluding carboxylic acids is 1. The fourth-order valence-corrected chi connectivity index (χ4v) is 11.5. The number of hydrogen-bond donors (Lipinski definition) is 1. The molecule has 0 spiro atoms. The van der Waals surface area contributed by atoms with E-state index < -0.39 is 47.8 Å². The summed E-state index contributed by atoms with van der Waals surface area (Å²) >= 11 is 0. The number of aromatic nitrogens is 2. The van der Waals surface area contributed by atoms with Crippen LogP contribution >= 0.6 is 8.53 Å². The van der Waals surface area contributed by atoms with Crippen LogP contribution in [-0.4, -0.2) is 79.9 Å². The van der Waals surface area contributed by atoms with E-state index in [1.165, 1.54) is 4.57 Å². The highest BCUT2D eigenvalue weighted by molar-refractivity contribution is 7.91. The summed E-state index contributed by atoms with van der Waals surface area (Å²) < 4.78 is 62.6. The van der Waals surface area contributed by atoms with Crippen molar-refractivity contribution >= 4 is 30.1 Å². The molecule has 4 atom stereocenters. The van der Waals surface area contributed by atoms with Crippen LogP contribution in [0.15, 0.2) is 161 Å². The molecule has 1 N–H and O–H groups in total. The number of amides is 1. The molecular weight excluding hydrogens is 828 g/mol. The zero-order chi connectivity index (χ0) is 43.1. The molecule has 1 amide bonds. The van der Waals surface area contributed by atoms with Crippen LogP contribution in [0.4, 0.5) is 5.82 Å². The van der Waals surface area contributed by atoms with E-state index in [-0.39, 0.29) is 35.7 Å². The molecule has 3 heterocycles. The van der Waals surface area contributed by atoms with Crippen molar-refractivity contribution in [2.75, 3.05) is 38.4 Å². The van der Waals surface area contributed by atoms with Gasteiger partial charge in [-0.3, -0.25) is 9.36 Å². The van der Waals surface area contributed by atoms with Gasteiger partial charge in [0, 0.05) is 24.3 Å². The van der Waals surface area contributed by atoms with Crippen molar-refractivity contribution in [2.45, 2.75) is 48.1 Å². The number of nitrogens with zero attached hydrogens (tertiary/aromatic N) is 3. The standard InChI is InChI=1S/C47H47N4O9PS/c1-56-38-24-20-36(21-25-38)47(35-15-8-4-9-16-35,37-22-26-39(57-2)27-23-37)58-32-40(31-50-30-28-44(49-46(50)53)48-45(52)34-13-6-3-7-14-34)59-61-51-29-12-19-42(51)43(60-61)33-62(54,55)41-17-10-5-11-18-41/h3-11,13-18,20-28,30,40,42-43H,12,19,29,31-33H2,1-2H3,(H,48,49,52,53)/t40-,42+,43-,61+/m1/s1. The van der Waals surface area contributed by atoms with E-state index >= 15 is 0 Å². The Hall–Kier alpha value is -5.73. The summed E-state index contributed by atoms with van der Waals surface area (Å²) in [6, 6.07) is 43.6. The maximum absolute atomic E-state index is 13.7. The van der Waals surface area contributed by atoms with Gasteiger partial charge in [0.15, 0.2) is 9.84 Å². The number of hydrogen-bond acceptors (Lipinski definition) is 11. The van der Waals surface area contributed by atoms with E-state index in [2.05, 4.69) is 15.0 Å². The number of sulfone groups is 1. The van der Waals surface area contributed by atoms with E-state index in [0.29, 0.717) is 23.6 Å². The highest BCUT2D eigenvalue weighted by atomic mass is 32.2. The zero-order valence-corrected chi connectivity index (χ0v) is 36.0. The molecule has 2 saturated heterocycles. The number of methoxy groups -OCH3 is 2. The van der Waals surface area contributed by atoms with Gasteiger partial charge in [-0.1, -0.05) is 91.0 Å². The monoisotopic (exact) mass is 874 g/mol. The quantitative estimate of drug-likeness (QED) is 0.0719. The smallest absolute Gasteiger partial charge is 0.349 e. The van der Waals surface area contributed by atoms with E-state index in [1.54, 1.807) is 81.1 Å². The molecule has 13 nitrogen and oxygen atoms in total. The lowest BCUT2D eigenvalue weighted by molar-refractivity contribution is -0.0363. The first-order valence-corrected chi connectivity index (χ1v) is 23.1. The number of nitrogens with one attached hydrogen (secondary N) is 1. The Morgan fingerprint density at radius 1 is 0.823 bits per heavy atom. The largest absolute Gasteiger partial charge is 0.497 e. The number of ether oxygens (including phenoxy) is 3. The summed E-state index contributed by atoms with van der Waals surface area (Å²) in [5.41, 5.74) is 1.05. The SMILES string of the molecule is COc1ccc(C(OC[C@@H](Cn2ccc(NC(=O)c3ccccc3)nc2=O)O[P@@]2O[C@H](CS(=O)(=O)c3ccccc3)[C@@H]3CCCN32)(c2ccccc2)c2ccc(OC)cc2)cc1. The lowest BCUT2D eigenvalue weighted by atomic mass is 9.80. The first-order chi connectivity index (χ1) is 30.2. The second kappa shape index (κ2) is 19.1. The average Bonchev–Trinajstić information content (AvgIpc) is 3.92. The van der Waals surface area contributed by atoms with Gasteiger partial charge in [0.25, 0.3) is 14.4 Å².